The highest BCUT2D eigenvalue weighted by molar-refractivity contribution is 7.99. The van der Waals surface area contributed by atoms with Crippen LogP contribution in [0.25, 0.3) is 0 Å². The van der Waals surface area contributed by atoms with E-state index in [0.717, 1.165) is 65.8 Å². The van der Waals surface area contributed by atoms with Crippen molar-refractivity contribution in [2.24, 2.45) is 5.92 Å². The Morgan fingerprint density at radius 3 is 2.35 bits per heavy atom. The van der Waals surface area contributed by atoms with Gasteiger partial charge in [-0.25, -0.2) is 4.79 Å². The number of aliphatic hydroxyl groups is 2. The summed E-state index contributed by atoms with van der Waals surface area (Å²) in [4.78, 5) is 30.6. The van der Waals surface area contributed by atoms with E-state index in [1.807, 2.05) is 66.7 Å². The first-order valence-corrected chi connectivity index (χ1v) is 18.3. The maximum absolute atomic E-state index is 14.1. The molecule has 0 spiro atoms. The Morgan fingerprint density at radius 2 is 1.63 bits per heavy atom. The van der Waals surface area contributed by atoms with Crippen molar-refractivity contribution in [2.45, 2.75) is 81.2 Å². The van der Waals surface area contributed by atoms with Crippen molar-refractivity contribution in [1.82, 2.24) is 15.5 Å². The number of benzene rings is 3. The number of nitrogens with zero attached hydrogens (tertiary/aromatic N) is 1. The predicted molar refractivity (Wildman–Crippen MR) is 193 cm³/mol. The number of morpholine rings is 1. The van der Waals surface area contributed by atoms with Gasteiger partial charge in [0.15, 0.2) is 0 Å². The number of carbonyl (C=O) groups excluding carboxylic acids is 2. The largest absolute Gasteiger partial charge is 0.444 e. The van der Waals surface area contributed by atoms with Crippen molar-refractivity contribution in [3.05, 3.63) is 101 Å². The first-order valence-electron chi connectivity index (χ1n) is 17.3. The highest BCUT2D eigenvalue weighted by atomic mass is 32.2. The maximum atomic E-state index is 14.1. The average molecular weight is 690 g/mol. The van der Waals surface area contributed by atoms with E-state index in [4.69, 9.17) is 9.47 Å². The summed E-state index contributed by atoms with van der Waals surface area (Å²) in [6.45, 7) is 9.90. The lowest BCUT2D eigenvalue weighted by atomic mass is 9.88. The Labute approximate surface area is 294 Å². The topological polar surface area (TPSA) is 120 Å². The van der Waals surface area contributed by atoms with Gasteiger partial charge in [-0.15, -0.1) is 11.8 Å². The molecule has 1 aliphatic carbocycles. The molecule has 0 bridgehead atoms. The Morgan fingerprint density at radius 1 is 0.959 bits per heavy atom. The van der Waals surface area contributed by atoms with Gasteiger partial charge in [0.25, 0.3) is 0 Å². The van der Waals surface area contributed by atoms with Crippen LogP contribution in [0.4, 0.5) is 4.79 Å². The second kappa shape index (κ2) is 17.5. The van der Waals surface area contributed by atoms with Gasteiger partial charge in [0, 0.05) is 42.6 Å². The van der Waals surface area contributed by atoms with Crippen molar-refractivity contribution in [3.63, 3.8) is 0 Å². The molecule has 0 saturated carbocycles. The van der Waals surface area contributed by atoms with E-state index in [1.54, 1.807) is 32.5 Å². The van der Waals surface area contributed by atoms with Gasteiger partial charge in [0.05, 0.1) is 37.5 Å². The minimum absolute atomic E-state index is 0.0969. The van der Waals surface area contributed by atoms with Crippen LogP contribution in [0.3, 0.4) is 0 Å². The molecule has 0 aromatic heterocycles. The van der Waals surface area contributed by atoms with Crippen molar-refractivity contribution in [3.8, 4) is 0 Å². The van der Waals surface area contributed by atoms with Gasteiger partial charge < -0.3 is 30.3 Å². The van der Waals surface area contributed by atoms with Gasteiger partial charge in [-0.05, 0) is 74.4 Å². The van der Waals surface area contributed by atoms with Crippen LogP contribution < -0.4 is 10.6 Å². The molecule has 0 radical (unpaired) electrons. The molecule has 2 amide bonds. The van der Waals surface area contributed by atoms with Crippen molar-refractivity contribution >= 4 is 23.8 Å². The highest BCUT2D eigenvalue weighted by Gasteiger charge is 2.35. The number of aliphatic hydroxyl groups excluding tert-OH is 2. The molecule has 2 aliphatic rings. The van der Waals surface area contributed by atoms with Crippen LogP contribution in [0.15, 0.2) is 83.8 Å². The molecule has 264 valence electrons. The smallest absolute Gasteiger partial charge is 0.407 e. The number of amides is 2. The van der Waals surface area contributed by atoms with E-state index in [9.17, 15) is 19.8 Å². The third-order valence-electron chi connectivity index (χ3n) is 9.05. The highest BCUT2D eigenvalue weighted by Crippen LogP contribution is 2.32. The summed E-state index contributed by atoms with van der Waals surface area (Å²) in [5, 5.41) is 28.6. The maximum Gasteiger partial charge on any atom is 0.407 e. The van der Waals surface area contributed by atoms with E-state index in [0.29, 0.717) is 19.3 Å². The van der Waals surface area contributed by atoms with Crippen LogP contribution in [0.2, 0.25) is 0 Å². The molecule has 5 rings (SSSR count). The zero-order chi connectivity index (χ0) is 34.8. The summed E-state index contributed by atoms with van der Waals surface area (Å²) < 4.78 is 11.0. The van der Waals surface area contributed by atoms with Crippen molar-refractivity contribution in [1.29, 1.82) is 0 Å². The number of fused-ring (bicyclic) bond motifs is 1. The zero-order valence-electron chi connectivity index (χ0n) is 28.8. The monoisotopic (exact) mass is 689 g/mol. The van der Waals surface area contributed by atoms with E-state index in [1.165, 1.54) is 0 Å². The lowest BCUT2D eigenvalue weighted by molar-refractivity contribution is -0.127. The number of ether oxygens (including phenoxy) is 2. The number of hydrogen-bond donors (Lipinski definition) is 4. The molecule has 4 N–H and O–H groups in total. The fourth-order valence-corrected chi connectivity index (χ4v) is 7.41. The van der Waals surface area contributed by atoms with Gasteiger partial charge in [-0.1, -0.05) is 66.7 Å². The fourth-order valence-electron chi connectivity index (χ4n) is 6.49. The number of hydrogen-bond acceptors (Lipinski definition) is 8. The fraction of sp³-hybridized carbons (Fsp3) is 0.487. The number of carbonyl (C=O) groups is 2. The standard InChI is InChI=1S/C39H51N3O6S/c1-39(2,3)48-38(46)40-33(24-27-9-5-4-6-10-27)34(43)26-30(37(45)41-36-32-12-8-7-11-29(32)25-35(36)44)23-28-13-15-31(16-14-28)49-22-19-42-17-20-47-21-18-42/h4-16,30,33-36,43-44H,17-26H2,1-3H3,(H,40,46)(H,41,45). The molecule has 10 heteroatoms. The molecule has 3 aromatic rings. The van der Waals surface area contributed by atoms with Crippen molar-refractivity contribution in [2.75, 3.05) is 38.6 Å². The molecule has 5 atom stereocenters. The second-order valence-corrected chi connectivity index (χ2v) is 15.2. The zero-order valence-corrected chi connectivity index (χ0v) is 29.7. The molecular weight excluding hydrogens is 639 g/mol. The molecule has 1 aliphatic heterocycles. The minimum atomic E-state index is -1.06. The normalized spacial score (nSPS) is 19.8. The molecule has 49 heavy (non-hydrogen) atoms. The van der Waals surface area contributed by atoms with Gasteiger partial charge in [-0.3, -0.25) is 9.69 Å². The summed E-state index contributed by atoms with van der Waals surface area (Å²) in [5.41, 5.74) is 3.13. The first kappa shape index (κ1) is 36.9. The Bertz CT molecular complexity index is 1490. The lowest BCUT2D eigenvalue weighted by Crippen LogP contribution is -2.48. The van der Waals surface area contributed by atoms with Crippen LogP contribution in [0, 0.1) is 5.92 Å². The molecule has 5 unspecified atom stereocenters. The number of alkyl carbamates (subject to hydrolysis) is 1. The van der Waals surface area contributed by atoms with Gasteiger partial charge in [-0.2, -0.15) is 0 Å². The molecule has 1 fully saturated rings. The van der Waals surface area contributed by atoms with Gasteiger partial charge >= 0.3 is 6.09 Å². The molecular formula is C39H51N3O6S. The molecule has 3 aromatic carbocycles. The number of rotatable bonds is 14. The first-order chi connectivity index (χ1) is 23.5. The van der Waals surface area contributed by atoms with Gasteiger partial charge in [0.2, 0.25) is 5.91 Å². The summed E-state index contributed by atoms with van der Waals surface area (Å²) in [7, 11) is 0. The lowest BCUT2D eigenvalue weighted by Gasteiger charge is -2.30. The van der Waals surface area contributed by atoms with Crippen LogP contribution in [-0.4, -0.2) is 89.6 Å². The Kier molecular flexibility index (Phi) is 13.2. The molecule has 1 saturated heterocycles. The van der Waals surface area contributed by atoms with Crippen LogP contribution in [-0.2, 0) is 33.5 Å². The summed E-state index contributed by atoms with van der Waals surface area (Å²) in [6.07, 6.45) is -1.10. The third-order valence-corrected chi connectivity index (χ3v) is 10.0. The Balaban J connectivity index is 1.31. The molecule has 9 nitrogen and oxygen atoms in total. The Hall–Kier alpha value is -3.41. The van der Waals surface area contributed by atoms with Crippen molar-refractivity contribution < 1.29 is 29.3 Å². The molecule has 1 heterocycles. The quantitative estimate of drug-likeness (QED) is 0.176. The number of nitrogens with one attached hydrogen (secondary N) is 2. The summed E-state index contributed by atoms with van der Waals surface area (Å²) in [5.74, 6) is 0.0999. The summed E-state index contributed by atoms with van der Waals surface area (Å²) in [6, 6.07) is 24.4. The van der Waals surface area contributed by atoms with Crippen LogP contribution >= 0.6 is 11.8 Å². The SMILES string of the molecule is CC(C)(C)OC(=O)NC(Cc1ccccc1)C(O)CC(Cc1ccc(SCCN2CCOCC2)cc1)C(=O)NC1c2ccccc2CC1O. The summed E-state index contributed by atoms with van der Waals surface area (Å²) >= 11 is 1.81. The van der Waals surface area contributed by atoms with Gasteiger partial charge in [0.1, 0.15) is 5.60 Å². The van der Waals surface area contributed by atoms with Crippen LogP contribution in [0.5, 0.6) is 0 Å². The minimum Gasteiger partial charge on any atom is -0.444 e. The predicted octanol–water partition coefficient (Wildman–Crippen LogP) is 4.93. The number of thioether (sulfide) groups is 1. The van der Waals surface area contributed by atoms with Crippen LogP contribution in [0.1, 0.15) is 55.5 Å². The second-order valence-electron chi connectivity index (χ2n) is 14.0. The third kappa shape index (κ3) is 11.3. The average Bonchev–Trinajstić information content (AvgIpc) is 3.39. The van der Waals surface area contributed by atoms with E-state index < -0.39 is 41.9 Å². The van der Waals surface area contributed by atoms with E-state index >= 15 is 0 Å². The van der Waals surface area contributed by atoms with E-state index in [2.05, 4.69) is 27.7 Å². The van der Waals surface area contributed by atoms with E-state index in [-0.39, 0.29) is 12.3 Å².